The molecule has 1 saturated carbocycles. The van der Waals surface area contributed by atoms with Crippen LogP contribution in [0.4, 0.5) is 0 Å². The van der Waals surface area contributed by atoms with Crippen LogP contribution in [0.15, 0.2) is 0 Å². The molecule has 1 aliphatic carbocycles. The van der Waals surface area contributed by atoms with E-state index in [4.69, 9.17) is 4.74 Å². The van der Waals surface area contributed by atoms with Crippen molar-refractivity contribution in [2.75, 3.05) is 6.61 Å². The van der Waals surface area contributed by atoms with Gasteiger partial charge in [-0.1, -0.05) is 13.8 Å². The molecule has 14 heavy (non-hydrogen) atoms. The minimum absolute atomic E-state index is 0.325. The van der Waals surface area contributed by atoms with Crippen molar-refractivity contribution in [3.63, 3.8) is 0 Å². The quantitative estimate of drug-likeness (QED) is 0.679. The summed E-state index contributed by atoms with van der Waals surface area (Å²) in [4.78, 5) is 12.0. The van der Waals surface area contributed by atoms with Crippen molar-refractivity contribution in [3.05, 3.63) is 0 Å². The van der Waals surface area contributed by atoms with Gasteiger partial charge in [0.05, 0.1) is 0 Å². The van der Waals surface area contributed by atoms with Crippen molar-refractivity contribution in [1.29, 1.82) is 0 Å². The van der Waals surface area contributed by atoms with Crippen LogP contribution in [0.2, 0.25) is 0 Å². The van der Waals surface area contributed by atoms with Crippen LogP contribution in [0.5, 0.6) is 0 Å². The van der Waals surface area contributed by atoms with Gasteiger partial charge in [-0.05, 0) is 38.5 Å². The van der Waals surface area contributed by atoms with E-state index in [1.54, 1.807) is 0 Å². The van der Waals surface area contributed by atoms with Gasteiger partial charge < -0.3 is 4.74 Å². The second-order valence-corrected chi connectivity index (χ2v) is 4.45. The van der Waals surface area contributed by atoms with Crippen molar-refractivity contribution in [1.82, 2.24) is 0 Å². The Morgan fingerprint density at radius 2 is 2.21 bits per heavy atom. The van der Waals surface area contributed by atoms with Crippen LogP contribution < -0.4 is 0 Å². The van der Waals surface area contributed by atoms with Crippen molar-refractivity contribution < 1.29 is 9.53 Å². The molecule has 1 rings (SSSR count). The second kappa shape index (κ2) is 4.92. The predicted octanol–water partition coefficient (Wildman–Crippen LogP) is 2.95. The van der Waals surface area contributed by atoms with Crippen LogP contribution in [-0.4, -0.2) is 18.0 Å². The molecule has 2 atom stereocenters. The fourth-order valence-corrected chi connectivity index (χ4v) is 2.44. The molecule has 1 fully saturated rings. The number of rotatable bonds is 5. The lowest BCUT2D eigenvalue weighted by Crippen LogP contribution is -2.39. The van der Waals surface area contributed by atoms with E-state index in [2.05, 4.69) is 13.8 Å². The van der Waals surface area contributed by atoms with Gasteiger partial charge in [-0.3, -0.25) is 4.79 Å². The molecule has 0 aromatic carbocycles. The first-order valence-corrected chi connectivity index (χ1v) is 5.82. The molecule has 0 bridgehead atoms. The molecule has 2 unspecified atom stereocenters. The lowest BCUT2D eigenvalue weighted by atomic mass is 9.92. The Balaban J connectivity index is 2.67. The van der Waals surface area contributed by atoms with Crippen molar-refractivity contribution in [3.8, 4) is 0 Å². The van der Waals surface area contributed by atoms with Gasteiger partial charge in [0.2, 0.25) is 0 Å². The smallest absolute Gasteiger partial charge is 0.164 e. The number of ether oxygens (including phenoxy) is 1. The number of ketones is 1. The number of hydrogen-bond acceptors (Lipinski definition) is 2. The second-order valence-electron chi connectivity index (χ2n) is 4.45. The first-order chi connectivity index (χ1) is 6.64. The molecule has 0 N–H and O–H groups in total. The van der Waals surface area contributed by atoms with E-state index in [1.807, 2.05) is 6.92 Å². The largest absolute Gasteiger partial charge is 0.367 e. The van der Waals surface area contributed by atoms with E-state index in [9.17, 15) is 4.79 Å². The summed E-state index contributed by atoms with van der Waals surface area (Å²) in [5, 5.41) is 0. The van der Waals surface area contributed by atoms with Gasteiger partial charge >= 0.3 is 0 Å². The average molecular weight is 198 g/mol. The van der Waals surface area contributed by atoms with Gasteiger partial charge in [-0.15, -0.1) is 0 Å². The molecule has 2 nitrogen and oxygen atoms in total. The minimum Gasteiger partial charge on any atom is -0.367 e. The molecule has 82 valence electrons. The summed E-state index contributed by atoms with van der Waals surface area (Å²) in [5.74, 6) is 0.966. The molecule has 0 aliphatic heterocycles. The van der Waals surface area contributed by atoms with Gasteiger partial charge in [0.15, 0.2) is 5.78 Å². The molecule has 0 spiro atoms. The highest BCUT2D eigenvalue weighted by molar-refractivity contribution is 5.87. The van der Waals surface area contributed by atoms with E-state index >= 15 is 0 Å². The van der Waals surface area contributed by atoms with E-state index in [0.29, 0.717) is 24.7 Å². The summed E-state index contributed by atoms with van der Waals surface area (Å²) in [6.07, 6.45) is 4.60. The molecule has 0 aromatic rings. The third kappa shape index (κ3) is 2.35. The van der Waals surface area contributed by atoms with Gasteiger partial charge in [0, 0.05) is 13.0 Å². The third-order valence-corrected chi connectivity index (χ3v) is 3.13. The SMILES string of the molecule is CCCC(=O)C1(OCC)CCC(C)C1. The highest BCUT2D eigenvalue weighted by Crippen LogP contribution is 2.38. The highest BCUT2D eigenvalue weighted by Gasteiger charge is 2.43. The Kier molecular flexibility index (Phi) is 4.11. The predicted molar refractivity (Wildman–Crippen MR) is 57.3 cm³/mol. The van der Waals surface area contributed by atoms with E-state index in [-0.39, 0.29) is 0 Å². The fraction of sp³-hybridized carbons (Fsp3) is 0.917. The van der Waals surface area contributed by atoms with Crippen LogP contribution in [-0.2, 0) is 9.53 Å². The maximum atomic E-state index is 12.0. The maximum absolute atomic E-state index is 12.0. The van der Waals surface area contributed by atoms with Crippen LogP contribution in [0.25, 0.3) is 0 Å². The summed E-state index contributed by atoms with van der Waals surface area (Å²) in [7, 11) is 0. The monoisotopic (exact) mass is 198 g/mol. The maximum Gasteiger partial charge on any atom is 0.164 e. The summed E-state index contributed by atoms with van der Waals surface area (Å²) >= 11 is 0. The lowest BCUT2D eigenvalue weighted by Gasteiger charge is -2.27. The zero-order chi connectivity index (χ0) is 10.6. The molecule has 0 amide bonds. The number of carbonyl (C=O) groups excluding carboxylic acids is 1. The van der Waals surface area contributed by atoms with Crippen molar-refractivity contribution in [2.24, 2.45) is 5.92 Å². The van der Waals surface area contributed by atoms with Gasteiger partial charge in [0.25, 0.3) is 0 Å². The Hall–Kier alpha value is -0.370. The molecule has 2 heteroatoms. The van der Waals surface area contributed by atoms with Crippen molar-refractivity contribution >= 4 is 5.78 Å². The van der Waals surface area contributed by atoms with Gasteiger partial charge in [-0.2, -0.15) is 0 Å². The van der Waals surface area contributed by atoms with E-state index < -0.39 is 5.60 Å². The van der Waals surface area contributed by atoms with E-state index in [1.165, 1.54) is 0 Å². The Bertz CT molecular complexity index is 196. The van der Waals surface area contributed by atoms with Gasteiger partial charge in [-0.25, -0.2) is 0 Å². The van der Waals surface area contributed by atoms with Gasteiger partial charge in [0.1, 0.15) is 5.60 Å². The Morgan fingerprint density at radius 3 is 2.64 bits per heavy atom. The Morgan fingerprint density at radius 1 is 1.50 bits per heavy atom. The molecular weight excluding hydrogens is 176 g/mol. The average Bonchev–Trinajstić information content (AvgIpc) is 2.50. The highest BCUT2D eigenvalue weighted by atomic mass is 16.5. The first kappa shape index (κ1) is 11.7. The molecule has 0 aromatic heterocycles. The minimum atomic E-state index is -0.413. The van der Waals surface area contributed by atoms with Crippen LogP contribution in [0.3, 0.4) is 0 Å². The molecule has 1 aliphatic rings. The zero-order valence-electron chi connectivity index (χ0n) is 9.64. The summed E-state index contributed by atoms with van der Waals surface area (Å²) in [6, 6.07) is 0. The number of Topliss-reactive ketones (excluding diaryl/α,β-unsaturated/α-hetero) is 1. The lowest BCUT2D eigenvalue weighted by molar-refractivity contribution is -0.144. The summed E-state index contributed by atoms with van der Waals surface area (Å²) in [5.41, 5.74) is -0.413. The fourth-order valence-electron chi connectivity index (χ4n) is 2.44. The molecule has 0 radical (unpaired) electrons. The normalized spacial score (nSPS) is 32.1. The number of hydrogen-bond donors (Lipinski definition) is 0. The molecule has 0 heterocycles. The standard InChI is InChI=1S/C12H22O2/c1-4-6-11(13)12(14-5-2)8-7-10(3)9-12/h10H,4-9H2,1-3H3. The zero-order valence-corrected chi connectivity index (χ0v) is 9.64. The summed E-state index contributed by atoms with van der Waals surface area (Å²) in [6.45, 7) is 6.89. The van der Waals surface area contributed by atoms with Crippen LogP contribution in [0.1, 0.15) is 52.9 Å². The van der Waals surface area contributed by atoms with E-state index in [0.717, 1.165) is 25.7 Å². The van der Waals surface area contributed by atoms with Crippen LogP contribution in [0, 0.1) is 5.92 Å². The summed E-state index contributed by atoms with van der Waals surface area (Å²) < 4.78 is 5.73. The van der Waals surface area contributed by atoms with Crippen LogP contribution >= 0.6 is 0 Å². The van der Waals surface area contributed by atoms with Crippen molar-refractivity contribution in [2.45, 2.75) is 58.5 Å². The topological polar surface area (TPSA) is 26.3 Å². The number of carbonyl (C=O) groups is 1. The Labute approximate surface area is 87.0 Å². The first-order valence-electron chi connectivity index (χ1n) is 5.82. The third-order valence-electron chi connectivity index (χ3n) is 3.13. The molecular formula is C12H22O2. The molecule has 0 saturated heterocycles.